The molecule has 2 atom stereocenters. The third kappa shape index (κ3) is 4.75. The molecule has 1 aromatic carbocycles. The molecule has 2 rings (SSSR count). The van der Waals surface area contributed by atoms with E-state index in [2.05, 4.69) is 26.0 Å². The molecule has 1 fully saturated rings. The van der Waals surface area contributed by atoms with Crippen molar-refractivity contribution in [3.8, 4) is 0 Å². The highest BCUT2D eigenvalue weighted by atomic mass is 32.2. The second-order valence-electron chi connectivity index (χ2n) is 5.43. The van der Waals surface area contributed by atoms with E-state index < -0.39 is 0 Å². The summed E-state index contributed by atoms with van der Waals surface area (Å²) in [6.45, 7) is 7.40. The van der Waals surface area contributed by atoms with Gasteiger partial charge in [-0.3, -0.25) is 4.79 Å². The summed E-state index contributed by atoms with van der Waals surface area (Å²) >= 11 is 1.68. The Labute approximate surface area is 132 Å². The van der Waals surface area contributed by atoms with Gasteiger partial charge < -0.3 is 9.64 Å². The number of ether oxygens (including phenoxy) is 1. The van der Waals surface area contributed by atoms with Gasteiger partial charge in [-0.2, -0.15) is 0 Å². The van der Waals surface area contributed by atoms with Gasteiger partial charge in [0.2, 0.25) is 5.91 Å². The first kappa shape index (κ1) is 16.4. The minimum Gasteiger partial charge on any atom is -0.381 e. The van der Waals surface area contributed by atoms with E-state index in [0.29, 0.717) is 5.92 Å². The lowest BCUT2D eigenvalue weighted by Crippen LogP contribution is -2.40. The molecule has 0 spiro atoms. The Balaban J connectivity index is 1.96. The molecule has 0 N–H and O–H groups in total. The van der Waals surface area contributed by atoms with Gasteiger partial charge >= 0.3 is 0 Å². The van der Waals surface area contributed by atoms with Crippen LogP contribution in [-0.2, 0) is 9.53 Å². The van der Waals surface area contributed by atoms with Gasteiger partial charge in [0.25, 0.3) is 0 Å². The van der Waals surface area contributed by atoms with Gasteiger partial charge in [-0.1, -0.05) is 25.1 Å². The van der Waals surface area contributed by atoms with Crippen LogP contribution in [0.5, 0.6) is 0 Å². The zero-order valence-corrected chi connectivity index (χ0v) is 13.8. The van der Waals surface area contributed by atoms with Crippen molar-refractivity contribution in [1.82, 2.24) is 4.90 Å². The van der Waals surface area contributed by atoms with Crippen LogP contribution in [-0.4, -0.2) is 42.4 Å². The average molecular weight is 307 g/mol. The quantitative estimate of drug-likeness (QED) is 0.723. The van der Waals surface area contributed by atoms with Crippen molar-refractivity contribution in [2.45, 2.75) is 36.8 Å². The van der Waals surface area contributed by atoms with Crippen molar-refractivity contribution in [2.24, 2.45) is 5.92 Å². The van der Waals surface area contributed by atoms with Gasteiger partial charge in [-0.15, -0.1) is 11.8 Å². The largest absolute Gasteiger partial charge is 0.381 e. The maximum Gasteiger partial charge on any atom is 0.236 e. The summed E-state index contributed by atoms with van der Waals surface area (Å²) in [5.41, 5.74) is 0. The summed E-state index contributed by atoms with van der Waals surface area (Å²) in [7, 11) is 0. The number of carbonyl (C=O) groups is 1. The second kappa shape index (κ2) is 8.44. The maximum atomic E-state index is 12.8. The molecule has 0 saturated carbocycles. The van der Waals surface area contributed by atoms with E-state index in [-0.39, 0.29) is 11.2 Å². The Morgan fingerprint density at radius 2 is 2.14 bits per heavy atom. The van der Waals surface area contributed by atoms with Crippen molar-refractivity contribution >= 4 is 17.7 Å². The smallest absolute Gasteiger partial charge is 0.236 e. The van der Waals surface area contributed by atoms with E-state index in [0.717, 1.165) is 44.0 Å². The molecule has 0 aromatic heterocycles. The Morgan fingerprint density at radius 1 is 1.38 bits per heavy atom. The molecule has 0 bridgehead atoms. The molecule has 0 radical (unpaired) electrons. The van der Waals surface area contributed by atoms with Crippen molar-refractivity contribution < 1.29 is 9.53 Å². The number of amides is 1. The lowest BCUT2D eigenvalue weighted by atomic mass is 10.1. The van der Waals surface area contributed by atoms with Gasteiger partial charge in [-0.05, 0) is 31.9 Å². The highest BCUT2D eigenvalue weighted by Crippen LogP contribution is 2.27. The van der Waals surface area contributed by atoms with Crippen LogP contribution in [0.1, 0.15) is 26.7 Å². The molecule has 1 aromatic rings. The lowest BCUT2D eigenvalue weighted by Gasteiger charge is -2.27. The molecule has 3 nitrogen and oxygen atoms in total. The molecular weight excluding hydrogens is 282 g/mol. The average Bonchev–Trinajstić information content (AvgIpc) is 3.03. The second-order valence-corrected chi connectivity index (χ2v) is 6.71. The molecule has 0 unspecified atom stereocenters. The molecule has 21 heavy (non-hydrogen) atoms. The number of thioether (sulfide) groups is 1. The summed E-state index contributed by atoms with van der Waals surface area (Å²) < 4.78 is 5.42. The van der Waals surface area contributed by atoms with Crippen molar-refractivity contribution in [3.63, 3.8) is 0 Å². The van der Waals surface area contributed by atoms with E-state index in [1.54, 1.807) is 11.8 Å². The van der Waals surface area contributed by atoms with Gasteiger partial charge in [0.15, 0.2) is 0 Å². The fourth-order valence-electron chi connectivity index (χ4n) is 2.59. The summed E-state index contributed by atoms with van der Waals surface area (Å²) in [5, 5.41) is 0.00896. The monoisotopic (exact) mass is 307 g/mol. The summed E-state index contributed by atoms with van der Waals surface area (Å²) in [6.07, 6.45) is 1.93. The van der Waals surface area contributed by atoms with Crippen molar-refractivity contribution in [1.29, 1.82) is 0 Å². The van der Waals surface area contributed by atoms with Crippen LogP contribution in [0.2, 0.25) is 0 Å². The maximum absolute atomic E-state index is 12.8. The highest BCUT2D eigenvalue weighted by Gasteiger charge is 2.26. The topological polar surface area (TPSA) is 29.5 Å². The zero-order valence-electron chi connectivity index (χ0n) is 13.0. The molecule has 1 amide bonds. The molecule has 1 saturated heterocycles. The van der Waals surface area contributed by atoms with Crippen LogP contribution in [0.3, 0.4) is 0 Å². The van der Waals surface area contributed by atoms with Gasteiger partial charge in [0, 0.05) is 30.5 Å². The predicted octanol–water partition coefficient (Wildman–Crippen LogP) is 3.44. The van der Waals surface area contributed by atoms with E-state index in [9.17, 15) is 4.79 Å². The van der Waals surface area contributed by atoms with E-state index >= 15 is 0 Å². The highest BCUT2D eigenvalue weighted by molar-refractivity contribution is 8.00. The Hall–Kier alpha value is -1.00. The fourth-order valence-corrected chi connectivity index (χ4v) is 3.65. The van der Waals surface area contributed by atoms with Gasteiger partial charge in [-0.25, -0.2) is 0 Å². The first-order chi connectivity index (χ1) is 10.2. The normalized spacial score (nSPS) is 19.4. The third-order valence-corrected chi connectivity index (χ3v) is 5.23. The lowest BCUT2D eigenvalue weighted by molar-refractivity contribution is -0.131. The number of rotatable bonds is 7. The van der Waals surface area contributed by atoms with Crippen LogP contribution in [0, 0.1) is 5.92 Å². The number of hydrogen-bond acceptors (Lipinski definition) is 3. The number of hydrogen-bond donors (Lipinski definition) is 0. The first-order valence-corrected chi connectivity index (χ1v) is 8.70. The zero-order chi connectivity index (χ0) is 15.1. The van der Waals surface area contributed by atoms with E-state index in [1.807, 2.05) is 23.1 Å². The molecular formula is C17H25NO2S. The van der Waals surface area contributed by atoms with Crippen LogP contribution in [0.15, 0.2) is 35.2 Å². The van der Waals surface area contributed by atoms with E-state index in [1.165, 1.54) is 0 Å². The molecule has 1 aliphatic rings. The number of benzene rings is 1. The van der Waals surface area contributed by atoms with Crippen molar-refractivity contribution in [3.05, 3.63) is 30.3 Å². The van der Waals surface area contributed by atoms with Gasteiger partial charge in [0.1, 0.15) is 0 Å². The summed E-state index contributed by atoms with van der Waals surface area (Å²) in [6, 6.07) is 10.2. The number of carbonyl (C=O) groups excluding carboxylic acids is 1. The van der Waals surface area contributed by atoms with Crippen LogP contribution in [0.25, 0.3) is 0 Å². The fraction of sp³-hybridized carbons (Fsp3) is 0.588. The van der Waals surface area contributed by atoms with Crippen LogP contribution in [0.4, 0.5) is 0 Å². The minimum atomic E-state index is 0.00896. The molecule has 4 heteroatoms. The third-order valence-electron chi connectivity index (χ3n) is 3.86. The molecule has 1 aliphatic heterocycles. The summed E-state index contributed by atoms with van der Waals surface area (Å²) in [4.78, 5) is 15.9. The van der Waals surface area contributed by atoms with Crippen LogP contribution < -0.4 is 0 Å². The number of nitrogens with zero attached hydrogens (tertiary/aromatic N) is 1. The van der Waals surface area contributed by atoms with E-state index in [4.69, 9.17) is 4.74 Å². The molecule has 116 valence electrons. The van der Waals surface area contributed by atoms with Crippen molar-refractivity contribution in [2.75, 3.05) is 26.3 Å². The predicted molar refractivity (Wildman–Crippen MR) is 87.6 cm³/mol. The van der Waals surface area contributed by atoms with Crippen LogP contribution >= 0.6 is 11.8 Å². The summed E-state index contributed by atoms with van der Waals surface area (Å²) in [5.74, 6) is 0.772. The van der Waals surface area contributed by atoms with Gasteiger partial charge in [0.05, 0.1) is 11.9 Å². The Bertz CT molecular complexity index is 432. The Kier molecular flexibility index (Phi) is 6.58. The standard InChI is InChI=1S/C17H25NO2S/c1-3-16(21-15-8-6-5-7-9-15)17(19)18(4-2)12-14-10-11-20-13-14/h5-9,14,16H,3-4,10-13H2,1-2H3/t14-,16-/m0/s1. The first-order valence-electron chi connectivity index (χ1n) is 7.82. The SMILES string of the molecule is CC[C@H](Sc1ccccc1)C(=O)N(CC)C[C@@H]1CCOC1. The minimum absolute atomic E-state index is 0.00896. The molecule has 1 heterocycles. The Morgan fingerprint density at radius 3 is 2.71 bits per heavy atom. The molecule has 0 aliphatic carbocycles.